The van der Waals surface area contributed by atoms with Crippen LogP contribution >= 0.6 is 0 Å². The second-order valence-electron chi connectivity index (χ2n) is 12.0. The average Bonchev–Trinajstić information content (AvgIpc) is 3.65. The summed E-state index contributed by atoms with van der Waals surface area (Å²) in [6.07, 6.45) is -2.48. The molecule has 1 N–H and O–H groups in total. The van der Waals surface area contributed by atoms with Crippen LogP contribution in [0.1, 0.15) is 51.3 Å². The summed E-state index contributed by atoms with van der Waals surface area (Å²) >= 11 is 0. The minimum Gasteiger partial charge on any atom is -0.444 e. The lowest BCUT2D eigenvalue weighted by Crippen LogP contribution is -2.50. The lowest BCUT2D eigenvalue weighted by molar-refractivity contribution is -0.137. The molecule has 2 fully saturated rings. The van der Waals surface area contributed by atoms with Gasteiger partial charge in [-0.3, -0.25) is 0 Å². The predicted octanol–water partition coefficient (Wildman–Crippen LogP) is 6.81. The van der Waals surface area contributed by atoms with Crippen LogP contribution in [0.5, 0.6) is 0 Å². The maximum Gasteiger partial charge on any atom is 0.416 e. The van der Waals surface area contributed by atoms with Gasteiger partial charge in [-0.05, 0) is 63.9 Å². The molecule has 0 spiro atoms. The van der Waals surface area contributed by atoms with Crippen LogP contribution in [0.3, 0.4) is 0 Å². The predicted molar refractivity (Wildman–Crippen MR) is 155 cm³/mol. The third kappa shape index (κ3) is 5.35. The second kappa shape index (κ2) is 10.2. The van der Waals surface area contributed by atoms with Crippen LogP contribution in [-0.4, -0.2) is 56.5 Å². The van der Waals surface area contributed by atoms with E-state index in [1.165, 1.54) is 6.07 Å². The highest BCUT2D eigenvalue weighted by atomic mass is 19.4. The molecule has 42 heavy (non-hydrogen) atoms. The Balaban J connectivity index is 1.34. The first kappa shape index (κ1) is 27.9. The molecule has 0 saturated carbocycles. The van der Waals surface area contributed by atoms with Crippen LogP contribution in [-0.2, 0) is 10.9 Å². The number of ether oxygens (including phenoxy) is 1. The van der Waals surface area contributed by atoms with Gasteiger partial charge in [0.1, 0.15) is 11.4 Å². The van der Waals surface area contributed by atoms with Gasteiger partial charge in [0.15, 0.2) is 5.82 Å². The second-order valence-corrected chi connectivity index (χ2v) is 12.0. The number of benzene rings is 2. The highest BCUT2D eigenvalue weighted by molar-refractivity contribution is 5.93. The number of halogens is 3. The van der Waals surface area contributed by atoms with E-state index in [1.807, 2.05) is 58.0 Å². The number of likely N-dealkylation sites (tertiary alicyclic amines) is 1. The summed E-state index contributed by atoms with van der Waals surface area (Å²) in [4.78, 5) is 21.1. The maximum absolute atomic E-state index is 13.8. The van der Waals surface area contributed by atoms with Crippen molar-refractivity contribution in [2.75, 3.05) is 23.3 Å². The van der Waals surface area contributed by atoms with Gasteiger partial charge >= 0.3 is 12.3 Å². The molecule has 220 valence electrons. The summed E-state index contributed by atoms with van der Waals surface area (Å²) in [7, 11) is 0. The van der Waals surface area contributed by atoms with Crippen molar-refractivity contribution in [1.29, 1.82) is 0 Å². The van der Waals surface area contributed by atoms with E-state index in [0.717, 1.165) is 24.1 Å². The van der Waals surface area contributed by atoms with Crippen LogP contribution in [0.25, 0.3) is 16.6 Å². The Morgan fingerprint density at radius 1 is 1.02 bits per heavy atom. The van der Waals surface area contributed by atoms with E-state index in [4.69, 9.17) is 9.84 Å². The number of hydrogen-bond donors (Lipinski definition) is 1. The number of nitrogens with zero attached hydrogens (tertiary/aromatic N) is 5. The fraction of sp³-hybridized carbons (Fsp3) is 0.387. The molecule has 2 aliphatic rings. The number of amides is 1. The maximum atomic E-state index is 13.8. The highest BCUT2D eigenvalue weighted by Gasteiger charge is 2.47. The minimum absolute atomic E-state index is 0.0160. The zero-order valence-electron chi connectivity index (χ0n) is 23.9. The van der Waals surface area contributed by atoms with Gasteiger partial charge in [0, 0.05) is 36.8 Å². The van der Waals surface area contributed by atoms with Gasteiger partial charge in [0.25, 0.3) is 0 Å². The Morgan fingerprint density at radius 2 is 1.79 bits per heavy atom. The van der Waals surface area contributed by atoms with E-state index in [-0.39, 0.29) is 24.2 Å². The van der Waals surface area contributed by atoms with E-state index >= 15 is 0 Å². The van der Waals surface area contributed by atoms with Crippen LogP contribution in [0.15, 0.2) is 66.9 Å². The van der Waals surface area contributed by atoms with Gasteiger partial charge in [-0.15, -0.1) is 5.10 Å². The molecule has 0 radical (unpaired) electrons. The number of rotatable bonds is 5. The Hall–Kier alpha value is -4.28. The summed E-state index contributed by atoms with van der Waals surface area (Å²) in [5, 5.41) is 8.87. The largest absolute Gasteiger partial charge is 0.444 e. The van der Waals surface area contributed by atoms with Crippen molar-refractivity contribution in [1.82, 2.24) is 19.7 Å². The van der Waals surface area contributed by atoms with E-state index in [9.17, 15) is 18.0 Å². The number of fused-ring (bicyclic) bond motifs is 3. The molecule has 4 heterocycles. The summed E-state index contributed by atoms with van der Waals surface area (Å²) in [6.45, 7) is 8.51. The molecule has 2 aromatic heterocycles. The van der Waals surface area contributed by atoms with Crippen molar-refractivity contribution in [2.45, 2.75) is 64.0 Å². The normalized spacial score (nSPS) is 19.4. The number of alkyl halides is 3. The molecule has 4 aromatic rings. The molecule has 2 saturated heterocycles. The van der Waals surface area contributed by atoms with Crippen LogP contribution in [0.4, 0.5) is 29.6 Å². The van der Waals surface area contributed by atoms with Crippen molar-refractivity contribution in [2.24, 2.45) is 0 Å². The molecule has 0 aliphatic carbocycles. The van der Waals surface area contributed by atoms with E-state index in [0.29, 0.717) is 41.3 Å². The average molecular weight is 579 g/mol. The first-order chi connectivity index (χ1) is 19.9. The topological polar surface area (TPSA) is 75.5 Å². The van der Waals surface area contributed by atoms with Gasteiger partial charge in [0.2, 0.25) is 0 Å². The molecule has 2 bridgehead atoms. The monoisotopic (exact) mass is 578 g/mol. The Kier molecular flexibility index (Phi) is 6.78. The Bertz CT molecular complexity index is 1610. The van der Waals surface area contributed by atoms with Gasteiger partial charge in [0.05, 0.1) is 28.9 Å². The summed E-state index contributed by atoms with van der Waals surface area (Å²) in [5.41, 5.74) is 0.673. The number of carbonyl (C=O) groups excluding carboxylic acids is 1. The minimum atomic E-state index is -4.50. The molecule has 0 unspecified atom stereocenters. The third-order valence-corrected chi connectivity index (χ3v) is 7.78. The first-order valence-corrected chi connectivity index (χ1v) is 14.0. The lowest BCUT2D eigenvalue weighted by atomic mass is 10.1. The molecule has 3 atom stereocenters. The van der Waals surface area contributed by atoms with E-state index in [2.05, 4.69) is 15.2 Å². The van der Waals surface area contributed by atoms with Crippen molar-refractivity contribution in [3.05, 3.63) is 78.0 Å². The smallest absolute Gasteiger partial charge is 0.416 e. The number of pyridine rings is 1. The van der Waals surface area contributed by atoms with Gasteiger partial charge < -0.3 is 19.9 Å². The summed E-state index contributed by atoms with van der Waals surface area (Å²) < 4.78 is 48.5. The van der Waals surface area contributed by atoms with Gasteiger partial charge in [-0.25, -0.2) is 14.5 Å². The quantitative estimate of drug-likeness (QED) is 0.281. The molecule has 8 nitrogen and oxygen atoms in total. The standard InChI is InChI=1S/C31H33F3N6O2/c1-19(20-8-6-5-7-9-20)36-27-16-22(12-13-35-27)40-26-14-21(31(32,33)34)10-11-25(26)28(37-40)38-17-24-15-23(38)18-39(24)29(41)42-30(2,3)4/h5-14,16,19,23-24H,15,17-18H2,1-4H3,(H,35,36)/t19-,23-,24-/m0/s1. The molecular weight excluding hydrogens is 545 g/mol. The van der Waals surface area contributed by atoms with Crippen molar-refractivity contribution >= 4 is 28.6 Å². The lowest BCUT2D eigenvalue weighted by Gasteiger charge is -2.35. The zero-order chi connectivity index (χ0) is 29.8. The van der Waals surface area contributed by atoms with Gasteiger partial charge in [-0.1, -0.05) is 30.3 Å². The number of piperazine rings is 1. The SMILES string of the molecule is C[C@H](Nc1cc(-n2nc(N3C[C@@H]4C[C@H]3CN4C(=O)OC(C)(C)C)c3ccc(C(F)(F)F)cc32)ccn1)c1ccccc1. The van der Waals surface area contributed by atoms with Crippen LogP contribution in [0, 0.1) is 0 Å². The summed E-state index contributed by atoms with van der Waals surface area (Å²) in [6, 6.07) is 17.0. The fourth-order valence-corrected chi connectivity index (χ4v) is 5.83. The first-order valence-electron chi connectivity index (χ1n) is 14.0. The third-order valence-electron chi connectivity index (χ3n) is 7.78. The van der Waals surface area contributed by atoms with Crippen molar-refractivity contribution < 1.29 is 22.7 Å². The molecular formula is C31H33F3N6O2. The highest BCUT2D eigenvalue weighted by Crippen LogP contribution is 2.40. The molecule has 2 aromatic carbocycles. The molecule has 11 heteroatoms. The number of nitrogens with one attached hydrogen (secondary N) is 1. The molecule has 2 aliphatic heterocycles. The van der Waals surface area contributed by atoms with E-state index in [1.54, 1.807) is 27.9 Å². The number of carbonyl (C=O) groups is 1. The van der Waals surface area contributed by atoms with Crippen molar-refractivity contribution in [3.8, 4) is 5.69 Å². The number of hydrogen-bond acceptors (Lipinski definition) is 6. The fourth-order valence-electron chi connectivity index (χ4n) is 5.83. The molecule has 6 rings (SSSR count). The zero-order valence-corrected chi connectivity index (χ0v) is 23.9. The Labute approximate surface area is 242 Å². The number of anilines is 2. The van der Waals surface area contributed by atoms with Gasteiger partial charge in [-0.2, -0.15) is 13.2 Å². The van der Waals surface area contributed by atoms with Crippen molar-refractivity contribution in [3.63, 3.8) is 0 Å². The molecule has 1 amide bonds. The van der Waals surface area contributed by atoms with Crippen LogP contribution in [0.2, 0.25) is 0 Å². The summed E-state index contributed by atoms with van der Waals surface area (Å²) in [5.74, 6) is 1.17. The van der Waals surface area contributed by atoms with E-state index < -0.39 is 17.3 Å². The van der Waals surface area contributed by atoms with Crippen LogP contribution < -0.4 is 10.2 Å². The number of aromatic nitrogens is 3. The Morgan fingerprint density at radius 3 is 2.45 bits per heavy atom.